The second kappa shape index (κ2) is 5.66. The van der Waals surface area contributed by atoms with Gasteiger partial charge >= 0.3 is 0 Å². The fourth-order valence-electron chi connectivity index (χ4n) is 1.23. The van der Waals surface area contributed by atoms with Crippen LogP contribution >= 0.6 is 0 Å². The minimum atomic E-state index is 0.245. The van der Waals surface area contributed by atoms with Gasteiger partial charge in [-0.05, 0) is 38.1 Å². The Morgan fingerprint density at radius 1 is 1.21 bits per heavy atom. The van der Waals surface area contributed by atoms with Crippen molar-refractivity contribution in [3.63, 3.8) is 0 Å². The quantitative estimate of drug-likeness (QED) is 0.776. The zero-order valence-corrected chi connectivity index (χ0v) is 9.21. The summed E-state index contributed by atoms with van der Waals surface area (Å²) in [5, 5.41) is 3.28. The number of hydrogen-bond donors (Lipinski definition) is 1. The number of nitrogens with one attached hydrogen (secondary N) is 1. The van der Waals surface area contributed by atoms with Gasteiger partial charge < -0.3 is 10.1 Å². The average molecular weight is 193 g/mol. The van der Waals surface area contributed by atoms with Crippen LogP contribution in [-0.2, 0) is 6.54 Å². The molecule has 0 radical (unpaired) electrons. The molecule has 0 bridgehead atoms. The van der Waals surface area contributed by atoms with Crippen molar-refractivity contribution in [1.29, 1.82) is 0 Å². The number of ether oxygens (including phenoxy) is 1. The molecule has 0 aliphatic rings. The Balaban J connectivity index is 2.50. The first kappa shape index (κ1) is 11.1. The molecule has 1 rings (SSSR count). The predicted molar refractivity (Wildman–Crippen MR) is 59.6 cm³/mol. The minimum Gasteiger partial charge on any atom is -0.491 e. The maximum atomic E-state index is 5.55. The van der Waals surface area contributed by atoms with Gasteiger partial charge in [0.1, 0.15) is 5.75 Å². The Kier molecular flexibility index (Phi) is 4.47. The zero-order valence-electron chi connectivity index (χ0n) is 9.21. The summed E-state index contributed by atoms with van der Waals surface area (Å²) < 4.78 is 5.55. The maximum absolute atomic E-state index is 5.55. The van der Waals surface area contributed by atoms with Crippen LogP contribution in [-0.4, -0.2) is 12.6 Å². The molecule has 14 heavy (non-hydrogen) atoms. The van der Waals surface area contributed by atoms with E-state index in [1.165, 1.54) is 5.56 Å². The van der Waals surface area contributed by atoms with Crippen LogP contribution in [0.1, 0.15) is 26.3 Å². The normalized spacial score (nSPS) is 10.6. The standard InChI is InChI=1S/C12H19NO/c1-4-13-9-11-5-7-12(8-6-11)14-10(2)3/h5-8,10,13H,4,9H2,1-3H3. The number of rotatable bonds is 5. The lowest BCUT2D eigenvalue weighted by Crippen LogP contribution is -2.11. The van der Waals surface area contributed by atoms with Gasteiger partial charge in [0.05, 0.1) is 6.10 Å². The molecule has 1 aromatic rings. The Morgan fingerprint density at radius 3 is 2.36 bits per heavy atom. The van der Waals surface area contributed by atoms with Crippen LogP contribution in [0.15, 0.2) is 24.3 Å². The lowest BCUT2D eigenvalue weighted by atomic mass is 10.2. The summed E-state index contributed by atoms with van der Waals surface area (Å²) in [6.45, 7) is 8.11. The molecule has 0 aromatic heterocycles. The van der Waals surface area contributed by atoms with E-state index in [9.17, 15) is 0 Å². The Bertz CT molecular complexity index is 254. The molecule has 0 unspecified atom stereocenters. The first-order valence-electron chi connectivity index (χ1n) is 5.18. The van der Waals surface area contributed by atoms with E-state index >= 15 is 0 Å². The second-order valence-electron chi connectivity index (χ2n) is 3.59. The maximum Gasteiger partial charge on any atom is 0.119 e. The third kappa shape index (κ3) is 3.79. The molecule has 0 fully saturated rings. The van der Waals surface area contributed by atoms with Crippen molar-refractivity contribution in [3.05, 3.63) is 29.8 Å². The molecule has 0 aliphatic heterocycles. The van der Waals surface area contributed by atoms with E-state index in [4.69, 9.17) is 4.74 Å². The van der Waals surface area contributed by atoms with Gasteiger partial charge in [-0.25, -0.2) is 0 Å². The Labute approximate surface area is 86.3 Å². The molecule has 0 amide bonds. The summed E-state index contributed by atoms with van der Waals surface area (Å²) in [7, 11) is 0. The molecule has 1 aromatic carbocycles. The zero-order chi connectivity index (χ0) is 10.4. The molecule has 0 spiro atoms. The summed E-state index contributed by atoms with van der Waals surface area (Å²) in [4.78, 5) is 0. The molecule has 0 atom stereocenters. The minimum absolute atomic E-state index is 0.245. The Hall–Kier alpha value is -1.02. The molecular weight excluding hydrogens is 174 g/mol. The third-order valence-electron chi connectivity index (χ3n) is 1.87. The van der Waals surface area contributed by atoms with Gasteiger partial charge in [0, 0.05) is 6.54 Å². The highest BCUT2D eigenvalue weighted by atomic mass is 16.5. The predicted octanol–water partition coefficient (Wildman–Crippen LogP) is 2.58. The van der Waals surface area contributed by atoms with Gasteiger partial charge in [0.25, 0.3) is 0 Å². The van der Waals surface area contributed by atoms with Crippen LogP contribution in [0.25, 0.3) is 0 Å². The molecule has 1 N–H and O–H groups in total. The van der Waals surface area contributed by atoms with Crippen LogP contribution in [0.3, 0.4) is 0 Å². The summed E-state index contributed by atoms with van der Waals surface area (Å²) in [5.41, 5.74) is 1.29. The molecule has 0 aliphatic carbocycles. The fraction of sp³-hybridized carbons (Fsp3) is 0.500. The van der Waals surface area contributed by atoms with Gasteiger partial charge in [-0.2, -0.15) is 0 Å². The molecular formula is C12H19NO. The SMILES string of the molecule is CCNCc1ccc(OC(C)C)cc1. The first-order valence-corrected chi connectivity index (χ1v) is 5.18. The summed E-state index contributed by atoms with van der Waals surface area (Å²) in [5.74, 6) is 0.945. The largest absolute Gasteiger partial charge is 0.491 e. The van der Waals surface area contributed by atoms with Gasteiger partial charge in [-0.1, -0.05) is 19.1 Å². The summed E-state index contributed by atoms with van der Waals surface area (Å²) in [6.07, 6.45) is 0.245. The molecule has 0 saturated heterocycles. The summed E-state index contributed by atoms with van der Waals surface area (Å²) >= 11 is 0. The van der Waals surface area contributed by atoms with E-state index in [1.807, 2.05) is 26.0 Å². The highest BCUT2D eigenvalue weighted by Crippen LogP contribution is 2.13. The first-order chi connectivity index (χ1) is 6.72. The summed E-state index contributed by atoms with van der Waals surface area (Å²) in [6, 6.07) is 8.24. The van der Waals surface area contributed by atoms with Crippen LogP contribution in [0, 0.1) is 0 Å². The lowest BCUT2D eigenvalue weighted by molar-refractivity contribution is 0.242. The van der Waals surface area contributed by atoms with E-state index in [-0.39, 0.29) is 6.10 Å². The van der Waals surface area contributed by atoms with Gasteiger partial charge in [0.2, 0.25) is 0 Å². The topological polar surface area (TPSA) is 21.3 Å². The Morgan fingerprint density at radius 2 is 1.86 bits per heavy atom. The van der Waals surface area contributed by atoms with Crippen LogP contribution in [0.5, 0.6) is 5.75 Å². The van der Waals surface area contributed by atoms with Gasteiger partial charge in [-0.3, -0.25) is 0 Å². The van der Waals surface area contributed by atoms with Gasteiger partial charge in [-0.15, -0.1) is 0 Å². The second-order valence-corrected chi connectivity index (χ2v) is 3.59. The van der Waals surface area contributed by atoms with Crippen molar-refractivity contribution < 1.29 is 4.74 Å². The number of benzene rings is 1. The highest BCUT2D eigenvalue weighted by molar-refractivity contribution is 5.27. The van der Waals surface area contributed by atoms with Gasteiger partial charge in [0.15, 0.2) is 0 Å². The molecule has 2 heteroatoms. The van der Waals surface area contributed by atoms with Crippen molar-refractivity contribution in [3.8, 4) is 5.75 Å². The third-order valence-corrected chi connectivity index (χ3v) is 1.87. The van der Waals surface area contributed by atoms with E-state index in [0.29, 0.717) is 0 Å². The molecule has 78 valence electrons. The average Bonchev–Trinajstić information content (AvgIpc) is 2.16. The van der Waals surface area contributed by atoms with E-state index in [2.05, 4.69) is 24.4 Å². The molecule has 2 nitrogen and oxygen atoms in total. The number of hydrogen-bond acceptors (Lipinski definition) is 2. The molecule has 0 saturated carbocycles. The van der Waals surface area contributed by atoms with Crippen molar-refractivity contribution in [2.75, 3.05) is 6.54 Å². The van der Waals surface area contributed by atoms with Crippen molar-refractivity contribution in [2.45, 2.75) is 33.4 Å². The van der Waals surface area contributed by atoms with E-state index < -0.39 is 0 Å². The van der Waals surface area contributed by atoms with Crippen LogP contribution < -0.4 is 10.1 Å². The van der Waals surface area contributed by atoms with E-state index in [0.717, 1.165) is 18.8 Å². The van der Waals surface area contributed by atoms with Crippen LogP contribution in [0.4, 0.5) is 0 Å². The lowest BCUT2D eigenvalue weighted by Gasteiger charge is -2.10. The van der Waals surface area contributed by atoms with E-state index in [1.54, 1.807) is 0 Å². The van der Waals surface area contributed by atoms with Crippen molar-refractivity contribution >= 4 is 0 Å². The smallest absolute Gasteiger partial charge is 0.119 e. The van der Waals surface area contributed by atoms with Crippen molar-refractivity contribution in [2.24, 2.45) is 0 Å². The molecule has 0 heterocycles. The monoisotopic (exact) mass is 193 g/mol. The highest BCUT2D eigenvalue weighted by Gasteiger charge is 1.97. The van der Waals surface area contributed by atoms with Crippen LogP contribution in [0.2, 0.25) is 0 Å². The fourth-order valence-corrected chi connectivity index (χ4v) is 1.23. The van der Waals surface area contributed by atoms with Crippen molar-refractivity contribution in [1.82, 2.24) is 5.32 Å².